The molecule has 3 rings (SSSR count). The molecule has 0 N–H and O–H groups in total. The first kappa shape index (κ1) is 17.7. The molecule has 1 aliphatic rings. The van der Waals surface area contributed by atoms with Gasteiger partial charge >= 0.3 is 0 Å². The van der Waals surface area contributed by atoms with E-state index in [4.69, 9.17) is 25.5 Å². The normalized spacial score (nSPS) is 16.8. The van der Waals surface area contributed by atoms with Gasteiger partial charge < -0.3 is 18.8 Å². The molecule has 2 heterocycles. The summed E-state index contributed by atoms with van der Waals surface area (Å²) in [6.07, 6.45) is 3.33. The lowest BCUT2D eigenvalue weighted by Crippen LogP contribution is -2.34. The van der Waals surface area contributed by atoms with Crippen molar-refractivity contribution in [3.63, 3.8) is 0 Å². The molecular weight excluding hydrogens is 351 g/mol. The minimum Gasteiger partial charge on any atom is -0.482 e. The highest BCUT2D eigenvalue weighted by Gasteiger charge is 2.23. The summed E-state index contributed by atoms with van der Waals surface area (Å²) in [5.41, 5.74) is 0.198. The second-order valence-electron chi connectivity index (χ2n) is 5.81. The molecule has 1 amide bonds. The van der Waals surface area contributed by atoms with Gasteiger partial charge in [-0.25, -0.2) is 9.37 Å². The molecule has 25 heavy (non-hydrogen) atoms. The molecule has 0 saturated carbocycles. The fraction of sp³-hybridized carbons (Fsp3) is 0.412. The molecule has 0 spiro atoms. The number of carbonyl (C=O) groups is 1. The molecule has 1 atom stereocenters. The Hall–Kier alpha value is -2.12. The van der Waals surface area contributed by atoms with E-state index in [0.29, 0.717) is 12.3 Å². The lowest BCUT2D eigenvalue weighted by Gasteiger charge is -2.19. The Morgan fingerprint density at radius 3 is 3.08 bits per heavy atom. The van der Waals surface area contributed by atoms with Gasteiger partial charge in [0, 0.05) is 20.2 Å². The van der Waals surface area contributed by atoms with Crippen LogP contribution in [0.15, 0.2) is 28.9 Å². The number of likely N-dealkylation sites (N-methyl/N-ethyl adjacent to an activating group) is 1. The van der Waals surface area contributed by atoms with Crippen LogP contribution in [0, 0.1) is 5.82 Å². The molecule has 1 aliphatic heterocycles. The van der Waals surface area contributed by atoms with Crippen molar-refractivity contribution >= 4 is 17.5 Å². The van der Waals surface area contributed by atoms with Gasteiger partial charge in [0.05, 0.1) is 11.1 Å². The van der Waals surface area contributed by atoms with Gasteiger partial charge in [0.1, 0.15) is 17.8 Å². The first-order valence-electron chi connectivity index (χ1n) is 7.92. The summed E-state index contributed by atoms with van der Waals surface area (Å²) in [6.45, 7) is 1.24. The highest BCUT2D eigenvalue weighted by Crippen LogP contribution is 2.25. The van der Waals surface area contributed by atoms with E-state index in [1.807, 2.05) is 0 Å². The van der Waals surface area contributed by atoms with Gasteiger partial charge in [0.25, 0.3) is 5.91 Å². The zero-order chi connectivity index (χ0) is 17.8. The standard InChI is InChI=1S/C17H18ClFN2O4/c1-21(8-12-3-2-6-23-12)17(22)14-9-25-16(20-14)10-24-15-5-4-11(19)7-13(15)18/h4-5,7,9,12H,2-3,6,8,10H2,1H3/t12-/m0/s1. The maximum absolute atomic E-state index is 13.0. The van der Waals surface area contributed by atoms with E-state index in [1.165, 1.54) is 18.4 Å². The smallest absolute Gasteiger partial charge is 0.275 e. The van der Waals surface area contributed by atoms with Gasteiger partial charge in [0.2, 0.25) is 5.89 Å². The van der Waals surface area contributed by atoms with Crippen LogP contribution >= 0.6 is 11.6 Å². The van der Waals surface area contributed by atoms with E-state index in [-0.39, 0.29) is 35.2 Å². The molecule has 1 saturated heterocycles. The zero-order valence-electron chi connectivity index (χ0n) is 13.7. The van der Waals surface area contributed by atoms with Crippen molar-refractivity contribution in [3.05, 3.63) is 46.9 Å². The molecule has 8 heteroatoms. The number of oxazole rings is 1. The van der Waals surface area contributed by atoms with Crippen molar-refractivity contribution in [1.82, 2.24) is 9.88 Å². The highest BCUT2D eigenvalue weighted by atomic mass is 35.5. The molecule has 0 unspecified atom stereocenters. The van der Waals surface area contributed by atoms with Crippen molar-refractivity contribution in [2.75, 3.05) is 20.2 Å². The molecular formula is C17H18ClFN2O4. The predicted octanol–water partition coefficient (Wildman–Crippen LogP) is 3.30. The Morgan fingerprint density at radius 1 is 1.52 bits per heavy atom. The number of hydrogen-bond acceptors (Lipinski definition) is 5. The summed E-state index contributed by atoms with van der Waals surface area (Å²) in [4.78, 5) is 18.0. The monoisotopic (exact) mass is 368 g/mol. The quantitative estimate of drug-likeness (QED) is 0.782. The van der Waals surface area contributed by atoms with E-state index in [0.717, 1.165) is 25.5 Å². The lowest BCUT2D eigenvalue weighted by atomic mass is 10.2. The second-order valence-corrected chi connectivity index (χ2v) is 6.22. The van der Waals surface area contributed by atoms with Crippen LogP contribution in [0.25, 0.3) is 0 Å². The van der Waals surface area contributed by atoms with Crippen molar-refractivity contribution in [2.45, 2.75) is 25.6 Å². The Balaban J connectivity index is 1.56. The van der Waals surface area contributed by atoms with Crippen LogP contribution in [0.1, 0.15) is 29.2 Å². The van der Waals surface area contributed by atoms with Crippen LogP contribution in [0.2, 0.25) is 5.02 Å². The minimum atomic E-state index is -0.448. The van der Waals surface area contributed by atoms with E-state index >= 15 is 0 Å². The number of aromatic nitrogens is 1. The van der Waals surface area contributed by atoms with Gasteiger partial charge in [0.15, 0.2) is 12.3 Å². The zero-order valence-corrected chi connectivity index (χ0v) is 14.5. The summed E-state index contributed by atoms with van der Waals surface area (Å²) in [6, 6.07) is 3.81. The molecule has 0 bridgehead atoms. The van der Waals surface area contributed by atoms with E-state index in [2.05, 4.69) is 4.98 Å². The number of benzene rings is 1. The van der Waals surface area contributed by atoms with Gasteiger partial charge in [-0.05, 0) is 31.0 Å². The summed E-state index contributed by atoms with van der Waals surface area (Å²) in [7, 11) is 1.70. The van der Waals surface area contributed by atoms with E-state index in [1.54, 1.807) is 11.9 Å². The number of rotatable bonds is 6. The number of ether oxygens (including phenoxy) is 2. The highest BCUT2D eigenvalue weighted by molar-refractivity contribution is 6.32. The average molecular weight is 369 g/mol. The van der Waals surface area contributed by atoms with E-state index < -0.39 is 5.82 Å². The van der Waals surface area contributed by atoms with Gasteiger partial charge in [-0.2, -0.15) is 0 Å². The second kappa shape index (κ2) is 7.84. The van der Waals surface area contributed by atoms with Crippen LogP contribution < -0.4 is 4.74 Å². The average Bonchev–Trinajstić information content (AvgIpc) is 3.25. The first-order valence-corrected chi connectivity index (χ1v) is 8.30. The van der Waals surface area contributed by atoms with Crippen LogP contribution in [-0.2, 0) is 11.3 Å². The summed E-state index contributed by atoms with van der Waals surface area (Å²) in [5.74, 6) is -0.153. The number of amides is 1. The number of carbonyl (C=O) groups excluding carboxylic acids is 1. The van der Waals surface area contributed by atoms with Crippen molar-refractivity contribution < 1.29 is 23.1 Å². The Labute approximate surface area is 149 Å². The summed E-state index contributed by atoms with van der Waals surface area (Å²) >= 11 is 5.89. The molecule has 2 aromatic rings. The Kier molecular flexibility index (Phi) is 5.55. The van der Waals surface area contributed by atoms with Crippen molar-refractivity contribution in [2.24, 2.45) is 0 Å². The molecule has 1 fully saturated rings. The lowest BCUT2D eigenvalue weighted by molar-refractivity contribution is 0.0582. The molecule has 6 nitrogen and oxygen atoms in total. The minimum absolute atomic E-state index is 0.0198. The third-order valence-electron chi connectivity index (χ3n) is 3.86. The van der Waals surface area contributed by atoms with Gasteiger partial charge in [-0.3, -0.25) is 4.79 Å². The molecule has 0 radical (unpaired) electrons. The summed E-state index contributed by atoms with van der Waals surface area (Å²) < 4.78 is 29.2. The fourth-order valence-corrected chi connectivity index (χ4v) is 2.80. The van der Waals surface area contributed by atoms with Crippen molar-refractivity contribution in [1.29, 1.82) is 0 Å². The largest absolute Gasteiger partial charge is 0.482 e. The fourth-order valence-electron chi connectivity index (χ4n) is 2.58. The Morgan fingerprint density at radius 2 is 2.36 bits per heavy atom. The van der Waals surface area contributed by atoms with Crippen LogP contribution in [0.3, 0.4) is 0 Å². The van der Waals surface area contributed by atoms with Gasteiger partial charge in [-0.1, -0.05) is 11.6 Å². The molecule has 134 valence electrons. The number of hydrogen-bond donors (Lipinski definition) is 0. The molecule has 1 aromatic heterocycles. The molecule has 0 aliphatic carbocycles. The SMILES string of the molecule is CN(C[C@@H]1CCCO1)C(=O)c1coc(COc2ccc(F)cc2Cl)n1. The van der Waals surface area contributed by atoms with Gasteiger partial charge in [-0.15, -0.1) is 0 Å². The van der Waals surface area contributed by atoms with Crippen LogP contribution in [0.4, 0.5) is 4.39 Å². The van der Waals surface area contributed by atoms with Crippen molar-refractivity contribution in [3.8, 4) is 5.75 Å². The van der Waals surface area contributed by atoms with Crippen LogP contribution in [0.5, 0.6) is 5.75 Å². The number of halogens is 2. The first-order chi connectivity index (χ1) is 12.0. The third-order valence-corrected chi connectivity index (χ3v) is 4.16. The van der Waals surface area contributed by atoms with E-state index in [9.17, 15) is 9.18 Å². The number of nitrogens with zero attached hydrogens (tertiary/aromatic N) is 2. The van der Waals surface area contributed by atoms with Crippen LogP contribution in [-0.4, -0.2) is 42.1 Å². The summed E-state index contributed by atoms with van der Waals surface area (Å²) in [5, 5.41) is 0.152. The third kappa shape index (κ3) is 4.49. The Bertz CT molecular complexity index is 746. The predicted molar refractivity (Wildman–Crippen MR) is 88.2 cm³/mol. The maximum Gasteiger partial charge on any atom is 0.275 e. The maximum atomic E-state index is 13.0. The molecule has 1 aromatic carbocycles. The topological polar surface area (TPSA) is 64.8 Å².